The van der Waals surface area contributed by atoms with Gasteiger partial charge < -0.3 is 10.1 Å². The van der Waals surface area contributed by atoms with Crippen molar-refractivity contribution in [2.45, 2.75) is 24.9 Å². The van der Waals surface area contributed by atoms with Crippen LogP contribution in [0.15, 0.2) is 60.8 Å². The lowest BCUT2D eigenvalue weighted by molar-refractivity contribution is 0.414. The van der Waals surface area contributed by atoms with E-state index in [4.69, 9.17) is 4.74 Å². The second-order valence-electron chi connectivity index (χ2n) is 6.09. The van der Waals surface area contributed by atoms with Crippen molar-refractivity contribution < 1.29 is 4.74 Å². The van der Waals surface area contributed by atoms with Gasteiger partial charge in [-0.3, -0.25) is 0 Å². The van der Waals surface area contributed by atoms with Gasteiger partial charge in [-0.15, -0.1) is 5.10 Å². The molecular formula is C19H20N4O. The SMILES string of the molecule is COc1ccc(-n2cc(CN[C@@H]3C[C@H]3c3ccccc3)nn2)cc1. The summed E-state index contributed by atoms with van der Waals surface area (Å²) >= 11 is 0. The highest BCUT2D eigenvalue weighted by Crippen LogP contribution is 2.40. The molecule has 2 aromatic carbocycles. The van der Waals surface area contributed by atoms with Gasteiger partial charge in [0.05, 0.1) is 24.7 Å². The predicted octanol–water partition coefficient (Wildman–Crippen LogP) is 2.92. The summed E-state index contributed by atoms with van der Waals surface area (Å²) in [7, 11) is 1.66. The summed E-state index contributed by atoms with van der Waals surface area (Å²) in [5, 5.41) is 12.0. The molecule has 1 aliphatic rings. The number of aromatic nitrogens is 3. The van der Waals surface area contributed by atoms with E-state index in [1.54, 1.807) is 11.8 Å². The molecule has 1 fully saturated rings. The summed E-state index contributed by atoms with van der Waals surface area (Å²) in [6.45, 7) is 0.740. The summed E-state index contributed by atoms with van der Waals surface area (Å²) in [5.74, 6) is 1.46. The number of ether oxygens (including phenoxy) is 1. The summed E-state index contributed by atoms with van der Waals surface area (Å²) < 4.78 is 6.96. The highest BCUT2D eigenvalue weighted by molar-refractivity contribution is 5.36. The molecule has 3 aromatic rings. The molecule has 1 heterocycles. The minimum Gasteiger partial charge on any atom is -0.497 e. The Hall–Kier alpha value is -2.66. The van der Waals surface area contributed by atoms with Crippen LogP contribution in [0.25, 0.3) is 5.69 Å². The lowest BCUT2D eigenvalue weighted by Gasteiger charge is -2.03. The van der Waals surface area contributed by atoms with Gasteiger partial charge in [0.15, 0.2) is 0 Å². The van der Waals surface area contributed by atoms with Gasteiger partial charge in [0, 0.05) is 18.5 Å². The average molecular weight is 320 g/mol. The van der Waals surface area contributed by atoms with Gasteiger partial charge in [-0.1, -0.05) is 35.5 Å². The second kappa shape index (κ2) is 6.45. The van der Waals surface area contributed by atoms with E-state index in [9.17, 15) is 0 Å². The molecule has 5 heteroatoms. The molecule has 1 saturated carbocycles. The second-order valence-corrected chi connectivity index (χ2v) is 6.09. The number of benzene rings is 2. The van der Waals surface area contributed by atoms with Crippen molar-refractivity contribution in [1.29, 1.82) is 0 Å². The predicted molar refractivity (Wildman–Crippen MR) is 92.3 cm³/mol. The lowest BCUT2D eigenvalue weighted by atomic mass is 10.1. The van der Waals surface area contributed by atoms with E-state index in [-0.39, 0.29) is 0 Å². The van der Waals surface area contributed by atoms with Crippen molar-refractivity contribution in [3.63, 3.8) is 0 Å². The standard InChI is InChI=1S/C19H20N4O/c1-24-17-9-7-16(8-10-17)23-13-15(21-22-23)12-20-19-11-18(19)14-5-3-2-4-6-14/h2-10,13,18-20H,11-12H2,1H3/t18-,19+/m0/s1. The molecule has 2 atom stereocenters. The Morgan fingerprint density at radius 1 is 1.12 bits per heavy atom. The molecule has 4 rings (SSSR count). The minimum absolute atomic E-state index is 0.540. The zero-order valence-corrected chi connectivity index (χ0v) is 13.6. The van der Waals surface area contributed by atoms with Crippen LogP contribution in [0.1, 0.15) is 23.6 Å². The molecular weight excluding hydrogens is 300 g/mol. The Balaban J connectivity index is 1.34. The molecule has 0 amide bonds. The number of hydrogen-bond donors (Lipinski definition) is 1. The van der Waals surface area contributed by atoms with Gasteiger partial charge in [-0.25, -0.2) is 4.68 Å². The first-order chi connectivity index (χ1) is 11.8. The first-order valence-corrected chi connectivity index (χ1v) is 8.17. The van der Waals surface area contributed by atoms with Crippen LogP contribution in [0.2, 0.25) is 0 Å². The van der Waals surface area contributed by atoms with Crippen molar-refractivity contribution >= 4 is 0 Å². The third kappa shape index (κ3) is 3.16. The van der Waals surface area contributed by atoms with E-state index in [2.05, 4.69) is 46.0 Å². The van der Waals surface area contributed by atoms with Crippen LogP contribution in [-0.2, 0) is 6.54 Å². The van der Waals surface area contributed by atoms with Crippen LogP contribution in [0, 0.1) is 0 Å². The molecule has 0 bridgehead atoms. The maximum absolute atomic E-state index is 5.17. The van der Waals surface area contributed by atoms with E-state index >= 15 is 0 Å². The number of nitrogens with one attached hydrogen (secondary N) is 1. The first-order valence-electron chi connectivity index (χ1n) is 8.17. The highest BCUT2D eigenvalue weighted by Gasteiger charge is 2.37. The molecule has 0 unspecified atom stereocenters. The smallest absolute Gasteiger partial charge is 0.119 e. The third-order valence-electron chi connectivity index (χ3n) is 4.44. The van der Waals surface area contributed by atoms with E-state index in [1.165, 1.54) is 12.0 Å². The molecule has 122 valence electrons. The lowest BCUT2D eigenvalue weighted by Crippen LogP contribution is -2.17. The van der Waals surface area contributed by atoms with Gasteiger partial charge in [0.1, 0.15) is 5.75 Å². The number of nitrogens with zero attached hydrogens (tertiary/aromatic N) is 3. The Morgan fingerprint density at radius 3 is 2.67 bits per heavy atom. The summed E-state index contributed by atoms with van der Waals surface area (Å²) in [6, 6.07) is 19.0. The fourth-order valence-electron chi connectivity index (χ4n) is 2.97. The van der Waals surface area contributed by atoms with Crippen LogP contribution in [0.5, 0.6) is 5.75 Å². The van der Waals surface area contributed by atoms with E-state index in [1.807, 2.05) is 30.5 Å². The number of hydrogen-bond acceptors (Lipinski definition) is 4. The monoisotopic (exact) mass is 320 g/mol. The molecule has 0 saturated heterocycles. The Morgan fingerprint density at radius 2 is 1.92 bits per heavy atom. The van der Waals surface area contributed by atoms with Crippen LogP contribution < -0.4 is 10.1 Å². The van der Waals surface area contributed by atoms with Crippen molar-refractivity contribution in [2.24, 2.45) is 0 Å². The Labute approximate surface area is 141 Å². The topological polar surface area (TPSA) is 52.0 Å². The third-order valence-corrected chi connectivity index (χ3v) is 4.44. The molecule has 0 spiro atoms. The van der Waals surface area contributed by atoms with Gasteiger partial charge in [0.2, 0.25) is 0 Å². The van der Waals surface area contributed by atoms with Crippen LogP contribution >= 0.6 is 0 Å². The number of methoxy groups -OCH3 is 1. The largest absolute Gasteiger partial charge is 0.497 e. The van der Waals surface area contributed by atoms with Gasteiger partial charge in [0.25, 0.3) is 0 Å². The quantitative estimate of drug-likeness (QED) is 0.759. The molecule has 0 aliphatic heterocycles. The maximum atomic E-state index is 5.17. The zero-order valence-electron chi connectivity index (χ0n) is 13.6. The number of rotatable bonds is 6. The van der Waals surface area contributed by atoms with Gasteiger partial charge >= 0.3 is 0 Å². The molecule has 5 nitrogen and oxygen atoms in total. The first kappa shape index (κ1) is 14.9. The summed E-state index contributed by atoms with van der Waals surface area (Å²) in [6.07, 6.45) is 3.16. The van der Waals surface area contributed by atoms with Gasteiger partial charge in [-0.05, 0) is 36.2 Å². The zero-order chi connectivity index (χ0) is 16.4. The summed E-state index contributed by atoms with van der Waals surface area (Å²) in [4.78, 5) is 0. The molecule has 0 radical (unpaired) electrons. The molecule has 1 aliphatic carbocycles. The normalized spacial score (nSPS) is 19.2. The molecule has 1 N–H and O–H groups in total. The van der Waals surface area contributed by atoms with E-state index in [0.717, 1.165) is 23.7 Å². The van der Waals surface area contributed by atoms with E-state index in [0.29, 0.717) is 12.0 Å². The fraction of sp³-hybridized carbons (Fsp3) is 0.263. The van der Waals surface area contributed by atoms with Crippen molar-refractivity contribution in [1.82, 2.24) is 20.3 Å². The van der Waals surface area contributed by atoms with Crippen molar-refractivity contribution in [3.8, 4) is 11.4 Å². The average Bonchev–Trinajstić information content (AvgIpc) is 3.28. The van der Waals surface area contributed by atoms with E-state index < -0.39 is 0 Å². The van der Waals surface area contributed by atoms with Crippen LogP contribution in [0.4, 0.5) is 0 Å². The Kier molecular flexibility index (Phi) is 4.01. The van der Waals surface area contributed by atoms with Gasteiger partial charge in [-0.2, -0.15) is 0 Å². The van der Waals surface area contributed by atoms with Crippen LogP contribution in [0.3, 0.4) is 0 Å². The minimum atomic E-state index is 0.540. The fourth-order valence-corrected chi connectivity index (χ4v) is 2.97. The van der Waals surface area contributed by atoms with Crippen molar-refractivity contribution in [2.75, 3.05) is 7.11 Å². The molecule has 24 heavy (non-hydrogen) atoms. The Bertz CT molecular complexity index is 798. The highest BCUT2D eigenvalue weighted by atomic mass is 16.5. The maximum Gasteiger partial charge on any atom is 0.119 e. The molecule has 1 aromatic heterocycles. The van der Waals surface area contributed by atoms with Crippen molar-refractivity contribution in [3.05, 3.63) is 72.1 Å². The summed E-state index contributed by atoms with van der Waals surface area (Å²) in [5.41, 5.74) is 3.34. The van der Waals surface area contributed by atoms with Crippen LogP contribution in [-0.4, -0.2) is 28.1 Å².